The third-order valence-corrected chi connectivity index (χ3v) is 1.75. The smallest absolute Gasteiger partial charge is 0.342 e. The van der Waals surface area contributed by atoms with E-state index in [4.69, 9.17) is 5.11 Å². The van der Waals surface area contributed by atoms with Gasteiger partial charge in [-0.05, 0) is 6.07 Å². The summed E-state index contributed by atoms with van der Waals surface area (Å²) in [4.78, 5) is 10.9. The highest BCUT2D eigenvalue weighted by atomic mass is 16.5. The van der Waals surface area contributed by atoms with Crippen molar-refractivity contribution < 1.29 is 19.7 Å². The minimum Gasteiger partial charge on any atom is -0.508 e. The van der Waals surface area contributed by atoms with Gasteiger partial charge < -0.3 is 14.9 Å². The zero-order valence-electron chi connectivity index (χ0n) is 6.07. The maximum atomic E-state index is 10.9. The van der Waals surface area contributed by atoms with Crippen LogP contribution in [-0.2, 0) is 11.3 Å². The normalized spacial score (nSPS) is 14.2. The molecule has 0 fully saturated rings. The number of carbonyl (C=O) groups is 1. The van der Waals surface area contributed by atoms with E-state index in [2.05, 4.69) is 4.74 Å². The van der Waals surface area contributed by atoms with Gasteiger partial charge in [-0.25, -0.2) is 4.79 Å². The van der Waals surface area contributed by atoms with Crippen LogP contribution in [0, 0.1) is 0 Å². The van der Waals surface area contributed by atoms with Crippen LogP contribution in [0.25, 0.3) is 0 Å². The molecule has 0 bridgehead atoms. The summed E-state index contributed by atoms with van der Waals surface area (Å²) in [5, 5.41) is 18.3. The molecule has 1 heterocycles. The second-order valence-corrected chi connectivity index (χ2v) is 2.58. The van der Waals surface area contributed by atoms with Gasteiger partial charge in [-0.1, -0.05) is 0 Å². The first kappa shape index (κ1) is 6.97. The lowest BCUT2D eigenvalue weighted by molar-refractivity contribution is 0.0533. The molecule has 0 saturated carbocycles. The van der Waals surface area contributed by atoms with Crippen LogP contribution in [0.5, 0.6) is 11.5 Å². The molecule has 2 rings (SSSR count). The number of hydrogen-bond acceptors (Lipinski definition) is 4. The average Bonchev–Trinajstić information content (AvgIpc) is 2.31. The summed E-state index contributed by atoms with van der Waals surface area (Å²) in [5.74, 6) is -0.834. The molecule has 0 saturated heterocycles. The largest absolute Gasteiger partial charge is 0.508 e. The van der Waals surface area contributed by atoms with Crippen LogP contribution in [0.3, 0.4) is 0 Å². The second kappa shape index (κ2) is 2.14. The number of phenolic OH excluding ortho intramolecular Hbond substituents is 2. The van der Waals surface area contributed by atoms with Crippen LogP contribution in [0.1, 0.15) is 15.9 Å². The fourth-order valence-electron chi connectivity index (χ4n) is 1.23. The zero-order valence-corrected chi connectivity index (χ0v) is 6.07. The standard InChI is InChI=1S/C8H6O4/c9-5-1-4-3-12-8(11)7(4)6(10)2-5/h1-2,9-10H,3H2. The Bertz CT molecular complexity index is 356. The minimum absolute atomic E-state index is 0.0652. The van der Waals surface area contributed by atoms with Gasteiger partial charge in [-0.15, -0.1) is 0 Å². The molecule has 1 aromatic carbocycles. The fraction of sp³-hybridized carbons (Fsp3) is 0.125. The number of carbonyl (C=O) groups excluding carboxylic acids is 1. The Labute approximate surface area is 68.0 Å². The molecule has 4 heteroatoms. The monoisotopic (exact) mass is 166 g/mol. The van der Waals surface area contributed by atoms with Gasteiger partial charge in [-0.3, -0.25) is 0 Å². The molecule has 0 atom stereocenters. The molecule has 1 aliphatic heterocycles. The van der Waals surface area contributed by atoms with Crippen molar-refractivity contribution in [3.63, 3.8) is 0 Å². The number of rotatable bonds is 0. The molecule has 1 aliphatic rings. The number of hydrogen-bond donors (Lipinski definition) is 2. The first-order valence-electron chi connectivity index (χ1n) is 3.40. The summed E-state index contributed by atoms with van der Waals surface area (Å²) in [6, 6.07) is 2.52. The molecule has 2 N–H and O–H groups in total. The third-order valence-electron chi connectivity index (χ3n) is 1.75. The first-order valence-corrected chi connectivity index (χ1v) is 3.40. The van der Waals surface area contributed by atoms with Crippen LogP contribution in [0.4, 0.5) is 0 Å². The van der Waals surface area contributed by atoms with E-state index >= 15 is 0 Å². The van der Waals surface area contributed by atoms with Gasteiger partial charge in [0, 0.05) is 11.6 Å². The van der Waals surface area contributed by atoms with E-state index in [-0.39, 0.29) is 23.7 Å². The quantitative estimate of drug-likeness (QED) is 0.558. The Balaban J connectivity index is 2.68. The van der Waals surface area contributed by atoms with Gasteiger partial charge in [0.25, 0.3) is 0 Å². The lowest BCUT2D eigenvalue weighted by Gasteiger charge is -1.98. The van der Waals surface area contributed by atoms with Crippen molar-refractivity contribution in [3.8, 4) is 11.5 Å². The predicted octanol–water partition coefficient (Wildman–Crippen LogP) is 0.768. The van der Waals surface area contributed by atoms with E-state index in [1.807, 2.05) is 0 Å². The maximum absolute atomic E-state index is 10.9. The Morgan fingerprint density at radius 1 is 1.33 bits per heavy atom. The number of esters is 1. The van der Waals surface area contributed by atoms with Gasteiger partial charge in [0.1, 0.15) is 23.7 Å². The topological polar surface area (TPSA) is 66.8 Å². The molecule has 62 valence electrons. The van der Waals surface area contributed by atoms with E-state index in [0.717, 1.165) is 6.07 Å². The number of cyclic esters (lactones) is 1. The van der Waals surface area contributed by atoms with Crippen molar-refractivity contribution in [2.24, 2.45) is 0 Å². The predicted molar refractivity (Wildman–Crippen MR) is 38.9 cm³/mol. The molecule has 0 unspecified atom stereocenters. The van der Waals surface area contributed by atoms with Gasteiger partial charge >= 0.3 is 5.97 Å². The van der Waals surface area contributed by atoms with Gasteiger partial charge in [0.05, 0.1) is 0 Å². The van der Waals surface area contributed by atoms with Crippen molar-refractivity contribution in [1.82, 2.24) is 0 Å². The van der Waals surface area contributed by atoms with Gasteiger partial charge in [0.15, 0.2) is 0 Å². The maximum Gasteiger partial charge on any atom is 0.342 e. The number of ether oxygens (including phenoxy) is 1. The zero-order chi connectivity index (χ0) is 8.72. The van der Waals surface area contributed by atoms with Crippen LogP contribution in [0.15, 0.2) is 12.1 Å². The molecule has 0 radical (unpaired) electrons. The van der Waals surface area contributed by atoms with Crippen LogP contribution >= 0.6 is 0 Å². The Kier molecular flexibility index (Phi) is 1.24. The van der Waals surface area contributed by atoms with E-state index in [9.17, 15) is 9.90 Å². The molecule has 1 aromatic rings. The molecule has 0 amide bonds. The number of phenols is 2. The average molecular weight is 166 g/mol. The summed E-state index contributed by atoms with van der Waals surface area (Å²) in [5.41, 5.74) is 0.685. The number of benzene rings is 1. The summed E-state index contributed by atoms with van der Waals surface area (Å²) in [6.07, 6.45) is 0. The van der Waals surface area contributed by atoms with Crippen LogP contribution < -0.4 is 0 Å². The third kappa shape index (κ3) is 0.812. The lowest BCUT2D eigenvalue weighted by Crippen LogP contribution is -1.93. The summed E-state index contributed by atoms with van der Waals surface area (Å²) in [7, 11) is 0. The molecular weight excluding hydrogens is 160 g/mol. The Morgan fingerprint density at radius 3 is 2.83 bits per heavy atom. The van der Waals surface area contributed by atoms with Crippen LogP contribution in [-0.4, -0.2) is 16.2 Å². The molecule has 12 heavy (non-hydrogen) atoms. The van der Waals surface area contributed by atoms with Crippen molar-refractivity contribution in [3.05, 3.63) is 23.3 Å². The Hall–Kier alpha value is -1.71. The molecular formula is C8H6O4. The summed E-state index contributed by atoms with van der Waals surface area (Å²) in [6.45, 7) is 0.121. The van der Waals surface area contributed by atoms with Crippen molar-refractivity contribution in [2.75, 3.05) is 0 Å². The second-order valence-electron chi connectivity index (χ2n) is 2.58. The van der Waals surface area contributed by atoms with Crippen molar-refractivity contribution in [1.29, 1.82) is 0 Å². The SMILES string of the molecule is O=C1OCc2cc(O)cc(O)c21. The van der Waals surface area contributed by atoms with Gasteiger partial charge in [-0.2, -0.15) is 0 Å². The minimum atomic E-state index is -0.539. The van der Waals surface area contributed by atoms with Crippen molar-refractivity contribution >= 4 is 5.97 Å². The highest BCUT2D eigenvalue weighted by molar-refractivity contribution is 5.96. The molecule has 0 aromatic heterocycles. The van der Waals surface area contributed by atoms with E-state index in [1.54, 1.807) is 0 Å². The molecule has 4 nitrogen and oxygen atoms in total. The van der Waals surface area contributed by atoms with E-state index in [1.165, 1.54) is 6.07 Å². The highest BCUT2D eigenvalue weighted by Crippen LogP contribution is 2.32. The van der Waals surface area contributed by atoms with E-state index < -0.39 is 5.97 Å². The summed E-state index contributed by atoms with van der Waals surface area (Å²) < 4.78 is 4.65. The number of aromatic hydroxyl groups is 2. The number of fused-ring (bicyclic) bond motifs is 1. The molecule has 0 aliphatic carbocycles. The van der Waals surface area contributed by atoms with Crippen LogP contribution in [0.2, 0.25) is 0 Å². The lowest BCUT2D eigenvalue weighted by atomic mass is 10.1. The Morgan fingerprint density at radius 2 is 2.08 bits per heavy atom. The van der Waals surface area contributed by atoms with Gasteiger partial charge in [0.2, 0.25) is 0 Å². The highest BCUT2D eigenvalue weighted by Gasteiger charge is 2.25. The van der Waals surface area contributed by atoms with Crippen molar-refractivity contribution in [2.45, 2.75) is 6.61 Å². The first-order chi connectivity index (χ1) is 5.68. The van der Waals surface area contributed by atoms with E-state index in [0.29, 0.717) is 5.56 Å². The summed E-state index contributed by atoms with van der Waals surface area (Å²) >= 11 is 0. The fourth-order valence-corrected chi connectivity index (χ4v) is 1.23. The molecule has 0 spiro atoms.